The number of aryl methyl sites for hydroxylation is 1. The summed E-state index contributed by atoms with van der Waals surface area (Å²) in [6, 6.07) is 10.8. The smallest absolute Gasteiger partial charge is 0.0535 e. The van der Waals surface area contributed by atoms with Crippen LogP contribution in [0.15, 0.2) is 41.1 Å². The number of rotatable bonds is 3. The lowest BCUT2D eigenvalue weighted by Crippen LogP contribution is -2.56. The molecule has 2 heterocycles. The van der Waals surface area contributed by atoms with Crippen LogP contribution < -0.4 is 5.32 Å². The van der Waals surface area contributed by atoms with Crippen LogP contribution in [-0.4, -0.2) is 24.5 Å². The molecular formula is C17H22N2S. The van der Waals surface area contributed by atoms with E-state index >= 15 is 0 Å². The number of hydrogen-bond donors (Lipinski definition) is 1. The van der Waals surface area contributed by atoms with Crippen molar-refractivity contribution in [3.05, 3.63) is 57.8 Å². The van der Waals surface area contributed by atoms with Crippen molar-refractivity contribution in [1.29, 1.82) is 0 Å². The predicted octanol–water partition coefficient (Wildman–Crippen LogP) is 3.38. The highest BCUT2D eigenvalue weighted by molar-refractivity contribution is 7.08. The summed E-state index contributed by atoms with van der Waals surface area (Å²) in [4.78, 5) is 2.57. The molecule has 1 aromatic heterocycles. The number of hydrogen-bond acceptors (Lipinski definition) is 3. The monoisotopic (exact) mass is 286 g/mol. The number of nitrogens with one attached hydrogen (secondary N) is 1. The van der Waals surface area contributed by atoms with Gasteiger partial charge in [-0.25, -0.2) is 0 Å². The van der Waals surface area contributed by atoms with E-state index in [4.69, 9.17) is 0 Å². The normalized spacial score (nSPS) is 23.9. The fraction of sp³-hybridized carbons (Fsp3) is 0.412. The van der Waals surface area contributed by atoms with E-state index in [0.29, 0.717) is 0 Å². The second-order valence-corrected chi connectivity index (χ2v) is 6.66. The first-order chi connectivity index (χ1) is 9.67. The van der Waals surface area contributed by atoms with E-state index in [1.54, 1.807) is 0 Å². The second kappa shape index (κ2) is 5.68. The Kier molecular flexibility index (Phi) is 3.92. The zero-order valence-electron chi connectivity index (χ0n) is 12.2. The van der Waals surface area contributed by atoms with E-state index in [1.165, 1.54) is 16.7 Å². The van der Waals surface area contributed by atoms with Gasteiger partial charge in [0.25, 0.3) is 0 Å². The van der Waals surface area contributed by atoms with Crippen LogP contribution >= 0.6 is 11.3 Å². The van der Waals surface area contributed by atoms with Gasteiger partial charge >= 0.3 is 0 Å². The van der Waals surface area contributed by atoms with Crippen LogP contribution in [0.4, 0.5) is 0 Å². The van der Waals surface area contributed by atoms with Crippen molar-refractivity contribution in [3.8, 4) is 0 Å². The molecule has 0 bridgehead atoms. The zero-order chi connectivity index (χ0) is 14.0. The van der Waals surface area contributed by atoms with Gasteiger partial charge in [0.1, 0.15) is 0 Å². The fourth-order valence-electron chi connectivity index (χ4n) is 3.00. The summed E-state index contributed by atoms with van der Waals surface area (Å²) < 4.78 is 0. The highest BCUT2D eigenvalue weighted by atomic mass is 32.1. The first-order valence-corrected chi connectivity index (χ1v) is 8.16. The van der Waals surface area contributed by atoms with Crippen LogP contribution in [0.25, 0.3) is 0 Å². The van der Waals surface area contributed by atoms with Gasteiger partial charge in [-0.1, -0.05) is 30.3 Å². The average Bonchev–Trinajstić information content (AvgIpc) is 2.85. The van der Waals surface area contributed by atoms with Crippen LogP contribution in [0.5, 0.6) is 0 Å². The molecule has 2 nitrogen and oxygen atoms in total. The number of piperazine rings is 1. The lowest BCUT2D eigenvalue weighted by molar-refractivity contribution is 0.136. The summed E-state index contributed by atoms with van der Waals surface area (Å²) in [6.45, 7) is 8.83. The third-order valence-corrected chi connectivity index (χ3v) is 5.16. The molecule has 1 aliphatic rings. The average molecular weight is 286 g/mol. The molecule has 1 aromatic carbocycles. The van der Waals surface area contributed by atoms with Gasteiger partial charge in [0, 0.05) is 26.2 Å². The molecule has 0 radical (unpaired) electrons. The van der Waals surface area contributed by atoms with Crippen LogP contribution in [0, 0.1) is 6.92 Å². The van der Waals surface area contributed by atoms with E-state index < -0.39 is 0 Å². The minimum Gasteiger partial charge on any atom is -0.305 e. The van der Waals surface area contributed by atoms with Gasteiger partial charge in [-0.05, 0) is 41.3 Å². The molecule has 0 aliphatic carbocycles. The molecule has 2 aromatic rings. The lowest BCUT2D eigenvalue weighted by Gasteiger charge is -2.42. The third-order valence-electron chi connectivity index (χ3n) is 4.25. The molecule has 20 heavy (non-hydrogen) atoms. The summed E-state index contributed by atoms with van der Waals surface area (Å²) >= 11 is 1.81. The summed E-state index contributed by atoms with van der Waals surface area (Å²) in [5.74, 6) is 0. The zero-order valence-corrected chi connectivity index (χ0v) is 13.0. The maximum Gasteiger partial charge on any atom is 0.0535 e. The Hall–Kier alpha value is -1.16. The maximum atomic E-state index is 3.70. The van der Waals surface area contributed by atoms with Gasteiger partial charge in [0.05, 0.1) is 5.54 Å². The van der Waals surface area contributed by atoms with Gasteiger partial charge in [0.15, 0.2) is 0 Å². The van der Waals surface area contributed by atoms with E-state index in [0.717, 1.165) is 26.2 Å². The Balaban J connectivity index is 1.75. The molecule has 0 amide bonds. The SMILES string of the molecule is Cc1cscc1CN1CCNC(C)(c2ccccc2)C1. The third kappa shape index (κ3) is 2.80. The minimum absolute atomic E-state index is 0.0590. The minimum atomic E-state index is 0.0590. The Labute approximate surface area is 125 Å². The van der Waals surface area contributed by atoms with Gasteiger partial charge in [-0.15, -0.1) is 0 Å². The Bertz CT molecular complexity index is 563. The molecular weight excluding hydrogens is 264 g/mol. The van der Waals surface area contributed by atoms with Gasteiger partial charge in [0.2, 0.25) is 0 Å². The molecule has 1 aliphatic heterocycles. The molecule has 1 N–H and O–H groups in total. The Morgan fingerprint density at radius 2 is 2.05 bits per heavy atom. The molecule has 106 valence electrons. The van der Waals surface area contributed by atoms with Crippen molar-refractivity contribution in [3.63, 3.8) is 0 Å². The van der Waals surface area contributed by atoms with Crippen molar-refractivity contribution in [2.45, 2.75) is 25.9 Å². The summed E-state index contributed by atoms with van der Waals surface area (Å²) in [6.07, 6.45) is 0. The predicted molar refractivity (Wildman–Crippen MR) is 86.1 cm³/mol. The number of thiophene rings is 1. The number of benzene rings is 1. The van der Waals surface area contributed by atoms with Crippen LogP contribution in [-0.2, 0) is 12.1 Å². The highest BCUT2D eigenvalue weighted by Gasteiger charge is 2.32. The van der Waals surface area contributed by atoms with Gasteiger partial charge < -0.3 is 5.32 Å². The van der Waals surface area contributed by atoms with Gasteiger partial charge in [-0.3, -0.25) is 4.90 Å². The van der Waals surface area contributed by atoms with Crippen molar-refractivity contribution >= 4 is 11.3 Å². The van der Waals surface area contributed by atoms with E-state index in [9.17, 15) is 0 Å². The molecule has 1 saturated heterocycles. The molecule has 1 unspecified atom stereocenters. The van der Waals surface area contributed by atoms with Crippen LogP contribution in [0.1, 0.15) is 23.6 Å². The van der Waals surface area contributed by atoms with Crippen LogP contribution in [0.3, 0.4) is 0 Å². The molecule has 1 atom stereocenters. The van der Waals surface area contributed by atoms with Crippen LogP contribution in [0.2, 0.25) is 0 Å². The second-order valence-electron chi connectivity index (χ2n) is 5.92. The lowest BCUT2D eigenvalue weighted by atomic mass is 9.89. The van der Waals surface area contributed by atoms with Crippen molar-refractivity contribution in [2.75, 3.05) is 19.6 Å². The first-order valence-electron chi connectivity index (χ1n) is 7.22. The summed E-state index contributed by atoms with van der Waals surface area (Å²) in [5.41, 5.74) is 4.35. The van der Waals surface area contributed by atoms with Gasteiger partial charge in [-0.2, -0.15) is 11.3 Å². The maximum absolute atomic E-state index is 3.70. The summed E-state index contributed by atoms with van der Waals surface area (Å²) in [5, 5.41) is 8.23. The molecule has 0 spiro atoms. The molecule has 3 rings (SSSR count). The van der Waals surface area contributed by atoms with E-state index in [1.807, 2.05) is 11.3 Å². The quantitative estimate of drug-likeness (QED) is 0.930. The van der Waals surface area contributed by atoms with Crippen molar-refractivity contribution in [2.24, 2.45) is 0 Å². The molecule has 0 saturated carbocycles. The largest absolute Gasteiger partial charge is 0.305 e. The number of nitrogens with zero attached hydrogens (tertiary/aromatic N) is 1. The highest BCUT2D eigenvalue weighted by Crippen LogP contribution is 2.26. The Morgan fingerprint density at radius 3 is 2.75 bits per heavy atom. The topological polar surface area (TPSA) is 15.3 Å². The van der Waals surface area contributed by atoms with Crippen molar-refractivity contribution in [1.82, 2.24) is 10.2 Å². The van der Waals surface area contributed by atoms with E-state index in [-0.39, 0.29) is 5.54 Å². The molecule has 3 heteroatoms. The first kappa shape index (κ1) is 13.8. The standard InChI is InChI=1S/C17H22N2S/c1-14-11-20-12-15(14)10-19-9-8-18-17(2,13-19)16-6-4-3-5-7-16/h3-7,11-12,18H,8-10,13H2,1-2H3. The van der Waals surface area contributed by atoms with Crippen molar-refractivity contribution < 1.29 is 0 Å². The van der Waals surface area contributed by atoms with E-state index in [2.05, 4.69) is 65.2 Å². The fourth-order valence-corrected chi connectivity index (χ4v) is 3.84. The summed E-state index contributed by atoms with van der Waals surface area (Å²) in [7, 11) is 0. The Morgan fingerprint density at radius 1 is 1.25 bits per heavy atom. The molecule has 1 fully saturated rings.